The summed E-state index contributed by atoms with van der Waals surface area (Å²) in [5.74, 6) is 0.689. The number of hydrogen-bond donors (Lipinski definition) is 1. The Labute approximate surface area is 180 Å². The number of carbonyl (C=O) groups is 1. The summed E-state index contributed by atoms with van der Waals surface area (Å²) in [6, 6.07) is 3.88. The van der Waals surface area contributed by atoms with Crippen molar-refractivity contribution >= 4 is 23.3 Å². The normalized spacial score (nSPS) is 24.1. The van der Waals surface area contributed by atoms with Gasteiger partial charge >= 0.3 is 12.2 Å². The SMILES string of the molecule is O=C(Nc1ccc(Cl)c(C(F)(F)F)c1)N1CCN(C[C@@H]2CCCN(C3CC3)C2)CC1. The Bertz CT molecular complexity index is 763. The molecule has 0 spiro atoms. The molecule has 0 bridgehead atoms. The average Bonchev–Trinajstić information content (AvgIpc) is 3.55. The molecule has 0 radical (unpaired) electrons. The predicted molar refractivity (Wildman–Crippen MR) is 111 cm³/mol. The number of nitrogens with one attached hydrogen (secondary N) is 1. The van der Waals surface area contributed by atoms with Crippen LogP contribution in [0.25, 0.3) is 0 Å². The number of nitrogens with zero attached hydrogens (tertiary/aromatic N) is 3. The number of piperazine rings is 1. The average molecular weight is 445 g/mol. The van der Waals surface area contributed by atoms with Gasteiger partial charge in [0, 0.05) is 51.0 Å². The number of carbonyl (C=O) groups excluding carboxylic acids is 1. The lowest BCUT2D eigenvalue weighted by Gasteiger charge is -2.39. The molecular weight excluding hydrogens is 417 g/mol. The number of halogens is 4. The zero-order chi connectivity index (χ0) is 21.3. The Hall–Kier alpha value is -1.51. The van der Waals surface area contributed by atoms with E-state index in [4.69, 9.17) is 11.6 Å². The third-order valence-electron chi connectivity index (χ3n) is 6.31. The van der Waals surface area contributed by atoms with Gasteiger partial charge in [-0.15, -0.1) is 0 Å². The van der Waals surface area contributed by atoms with Crippen LogP contribution >= 0.6 is 11.6 Å². The fourth-order valence-corrected chi connectivity index (χ4v) is 4.76. The van der Waals surface area contributed by atoms with Crippen molar-refractivity contribution in [1.29, 1.82) is 0 Å². The van der Waals surface area contributed by atoms with E-state index in [1.807, 2.05) is 0 Å². The van der Waals surface area contributed by atoms with E-state index in [1.165, 1.54) is 44.8 Å². The summed E-state index contributed by atoms with van der Waals surface area (Å²) in [5, 5.41) is 2.20. The minimum atomic E-state index is -4.56. The maximum Gasteiger partial charge on any atom is 0.417 e. The number of anilines is 1. The lowest BCUT2D eigenvalue weighted by atomic mass is 9.97. The molecule has 1 aromatic rings. The highest BCUT2D eigenvalue weighted by atomic mass is 35.5. The Morgan fingerprint density at radius 2 is 1.83 bits per heavy atom. The standard InChI is InChI=1S/C21H28ClF3N4O/c22-19-6-3-16(12-18(19)21(23,24)25)26-20(30)28-10-8-27(9-11-28)13-15-2-1-7-29(14-15)17-4-5-17/h3,6,12,15,17H,1-2,4-5,7-11,13-14H2,(H,26,30)/t15-/m0/s1. The number of piperidine rings is 1. The van der Waals surface area contributed by atoms with Crippen LogP contribution in [0.5, 0.6) is 0 Å². The predicted octanol–water partition coefficient (Wildman–Crippen LogP) is 4.38. The van der Waals surface area contributed by atoms with Gasteiger partial charge in [0.25, 0.3) is 0 Å². The molecule has 166 valence electrons. The summed E-state index contributed by atoms with van der Waals surface area (Å²) < 4.78 is 39.0. The van der Waals surface area contributed by atoms with E-state index < -0.39 is 11.7 Å². The minimum absolute atomic E-state index is 0.0986. The van der Waals surface area contributed by atoms with Crippen LogP contribution in [0.3, 0.4) is 0 Å². The van der Waals surface area contributed by atoms with E-state index in [1.54, 1.807) is 4.90 Å². The second-order valence-electron chi connectivity index (χ2n) is 8.64. The Kier molecular flexibility index (Phi) is 6.46. The van der Waals surface area contributed by atoms with Crippen molar-refractivity contribution in [2.24, 2.45) is 5.92 Å². The fraction of sp³-hybridized carbons (Fsp3) is 0.667. The van der Waals surface area contributed by atoms with Crippen LogP contribution < -0.4 is 5.32 Å². The number of amides is 2. The molecule has 2 heterocycles. The van der Waals surface area contributed by atoms with Gasteiger partial charge in [0.1, 0.15) is 0 Å². The van der Waals surface area contributed by atoms with Gasteiger partial charge in [-0.3, -0.25) is 4.90 Å². The van der Waals surface area contributed by atoms with Crippen LogP contribution in [0, 0.1) is 5.92 Å². The van der Waals surface area contributed by atoms with Gasteiger partial charge in [-0.1, -0.05) is 11.6 Å². The summed E-state index contributed by atoms with van der Waals surface area (Å²) in [7, 11) is 0. The highest BCUT2D eigenvalue weighted by Crippen LogP contribution is 2.36. The molecule has 30 heavy (non-hydrogen) atoms. The molecule has 4 rings (SSSR count). The second kappa shape index (κ2) is 8.93. The summed E-state index contributed by atoms with van der Waals surface area (Å²) in [6.45, 7) is 6.21. The van der Waals surface area contributed by atoms with Crippen molar-refractivity contribution in [1.82, 2.24) is 14.7 Å². The molecule has 1 aliphatic carbocycles. The molecule has 0 unspecified atom stereocenters. The van der Waals surface area contributed by atoms with Crippen LogP contribution in [-0.2, 0) is 6.18 Å². The van der Waals surface area contributed by atoms with Crippen molar-refractivity contribution in [3.05, 3.63) is 28.8 Å². The molecule has 5 nitrogen and oxygen atoms in total. The third kappa shape index (κ3) is 5.39. The molecule has 2 saturated heterocycles. The van der Waals surface area contributed by atoms with Crippen LogP contribution in [0.2, 0.25) is 5.02 Å². The first-order chi connectivity index (χ1) is 14.3. The summed E-state index contributed by atoms with van der Waals surface area (Å²) in [6.07, 6.45) is 0.668. The number of likely N-dealkylation sites (tertiary alicyclic amines) is 1. The minimum Gasteiger partial charge on any atom is -0.322 e. The highest BCUT2D eigenvalue weighted by molar-refractivity contribution is 6.31. The van der Waals surface area contributed by atoms with Crippen LogP contribution in [0.15, 0.2) is 18.2 Å². The van der Waals surface area contributed by atoms with Gasteiger partial charge < -0.3 is 15.1 Å². The first-order valence-electron chi connectivity index (χ1n) is 10.7. The zero-order valence-electron chi connectivity index (χ0n) is 16.9. The second-order valence-corrected chi connectivity index (χ2v) is 9.05. The molecule has 9 heteroatoms. The van der Waals surface area contributed by atoms with E-state index in [0.717, 1.165) is 37.8 Å². The maximum atomic E-state index is 13.0. The van der Waals surface area contributed by atoms with Gasteiger partial charge in [-0.05, 0) is 56.3 Å². The molecule has 3 fully saturated rings. The fourth-order valence-electron chi connectivity index (χ4n) is 4.54. The van der Waals surface area contributed by atoms with E-state index in [0.29, 0.717) is 19.0 Å². The van der Waals surface area contributed by atoms with E-state index >= 15 is 0 Å². The third-order valence-corrected chi connectivity index (χ3v) is 6.64. The van der Waals surface area contributed by atoms with Gasteiger partial charge in [0.15, 0.2) is 0 Å². The lowest BCUT2D eigenvalue weighted by Crippen LogP contribution is -2.52. The topological polar surface area (TPSA) is 38.8 Å². The molecule has 0 aromatic heterocycles. The zero-order valence-corrected chi connectivity index (χ0v) is 17.7. The molecule has 1 aromatic carbocycles. The van der Waals surface area contributed by atoms with Gasteiger partial charge in [-0.2, -0.15) is 13.2 Å². The first kappa shape index (κ1) is 21.7. The van der Waals surface area contributed by atoms with Gasteiger partial charge in [-0.25, -0.2) is 4.79 Å². The van der Waals surface area contributed by atoms with Crippen molar-refractivity contribution in [3.8, 4) is 0 Å². The molecular formula is C21H28ClF3N4O. The molecule has 1 saturated carbocycles. The maximum absolute atomic E-state index is 13.0. The molecule has 3 aliphatic rings. The monoisotopic (exact) mass is 444 g/mol. The Morgan fingerprint density at radius 3 is 2.50 bits per heavy atom. The number of alkyl halides is 3. The Morgan fingerprint density at radius 1 is 1.10 bits per heavy atom. The summed E-state index contributed by atoms with van der Waals surface area (Å²) in [5.41, 5.74) is -0.846. The van der Waals surface area contributed by atoms with Crippen molar-refractivity contribution in [2.75, 3.05) is 51.1 Å². The molecule has 2 aliphatic heterocycles. The number of benzene rings is 1. The summed E-state index contributed by atoms with van der Waals surface area (Å²) in [4.78, 5) is 19.2. The number of rotatable bonds is 4. The van der Waals surface area contributed by atoms with Gasteiger partial charge in [0.05, 0.1) is 10.6 Å². The van der Waals surface area contributed by atoms with Gasteiger partial charge in [0.2, 0.25) is 0 Å². The van der Waals surface area contributed by atoms with Crippen molar-refractivity contribution in [3.63, 3.8) is 0 Å². The molecule has 1 N–H and O–H groups in total. The van der Waals surface area contributed by atoms with Crippen LogP contribution in [0.1, 0.15) is 31.2 Å². The van der Waals surface area contributed by atoms with Crippen LogP contribution in [0.4, 0.5) is 23.7 Å². The largest absolute Gasteiger partial charge is 0.417 e. The highest BCUT2D eigenvalue weighted by Gasteiger charge is 2.34. The summed E-state index contributed by atoms with van der Waals surface area (Å²) >= 11 is 5.64. The van der Waals surface area contributed by atoms with Crippen molar-refractivity contribution < 1.29 is 18.0 Å². The number of hydrogen-bond acceptors (Lipinski definition) is 3. The number of urea groups is 1. The van der Waals surface area contributed by atoms with Crippen LogP contribution in [-0.4, -0.2) is 72.6 Å². The Balaban J connectivity index is 1.25. The van der Waals surface area contributed by atoms with Crippen molar-refractivity contribution in [2.45, 2.75) is 37.9 Å². The quantitative estimate of drug-likeness (QED) is 0.749. The molecule has 1 atom stereocenters. The van der Waals surface area contributed by atoms with E-state index in [2.05, 4.69) is 15.1 Å². The van der Waals surface area contributed by atoms with E-state index in [9.17, 15) is 18.0 Å². The smallest absolute Gasteiger partial charge is 0.322 e. The van der Waals surface area contributed by atoms with E-state index in [-0.39, 0.29) is 16.7 Å². The first-order valence-corrected chi connectivity index (χ1v) is 11.1. The lowest BCUT2D eigenvalue weighted by molar-refractivity contribution is -0.137. The molecule has 2 amide bonds.